The fraction of sp³-hybridized carbons (Fsp3) is 1.00. The molecule has 0 aromatic rings. The minimum atomic E-state index is -4.65. The van der Waals surface area contributed by atoms with E-state index in [0.29, 0.717) is 6.61 Å². The minimum absolute atomic E-state index is 0.00741. The first-order valence-corrected chi connectivity index (χ1v) is 6.79. The molecule has 24 heavy (non-hydrogen) atoms. The smallest absolute Gasteiger partial charge is 0.382 e. The van der Waals surface area contributed by atoms with E-state index in [1.165, 1.54) is 7.11 Å². The van der Waals surface area contributed by atoms with Crippen LogP contribution >= 0.6 is 0 Å². The third-order valence-corrected chi connectivity index (χ3v) is 2.43. The standard InChI is InChI=1S/C12H18F6O6/c1-19-2-3-20-6-10(13,14)23-8-12(17,18)24-11(15,16)7-21-4-9-5-22-9/h9H,2-8H2,1H3. The average molecular weight is 372 g/mol. The van der Waals surface area contributed by atoms with Crippen LogP contribution in [-0.4, -0.2) is 77.8 Å². The van der Waals surface area contributed by atoms with Crippen LogP contribution in [0.25, 0.3) is 0 Å². The van der Waals surface area contributed by atoms with E-state index in [1.54, 1.807) is 0 Å². The van der Waals surface area contributed by atoms with Crippen LogP contribution in [0.2, 0.25) is 0 Å². The highest BCUT2D eigenvalue weighted by Crippen LogP contribution is 2.29. The molecule has 1 aliphatic heterocycles. The van der Waals surface area contributed by atoms with Crippen LogP contribution in [0, 0.1) is 0 Å². The van der Waals surface area contributed by atoms with Crippen molar-refractivity contribution < 1.29 is 54.8 Å². The molecule has 1 fully saturated rings. The third-order valence-electron chi connectivity index (χ3n) is 2.43. The molecule has 1 aliphatic rings. The fourth-order valence-corrected chi connectivity index (χ4v) is 1.32. The molecule has 0 amide bonds. The Morgan fingerprint density at radius 2 is 1.46 bits per heavy atom. The number of epoxide rings is 1. The van der Waals surface area contributed by atoms with Crippen molar-refractivity contribution in [2.24, 2.45) is 0 Å². The lowest BCUT2D eigenvalue weighted by Gasteiger charge is -2.25. The summed E-state index contributed by atoms with van der Waals surface area (Å²) in [5.41, 5.74) is 0. The van der Waals surface area contributed by atoms with Gasteiger partial charge in [-0.25, -0.2) is 0 Å². The molecule has 0 aliphatic carbocycles. The lowest BCUT2D eigenvalue weighted by Crippen LogP contribution is -2.42. The van der Waals surface area contributed by atoms with E-state index in [0.717, 1.165) is 0 Å². The zero-order valence-corrected chi connectivity index (χ0v) is 12.7. The zero-order valence-electron chi connectivity index (χ0n) is 12.7. The molecular formula is C12H18F6O6. The summed E-state index contributed by atoms with van der Waals surface area (Å²) in [4.78, 5) is 0. The Labute approximate surface area is 133 Å². The van der Waals surface area contributed by atoms with Crippen molar-refractivity contribution in [1.29, 1.82) is 0 Å². The summed E-state index contributed by atoms with van der Waals surface area (Å²) in [5, 5.41) is 0. The SMILES string of the molecule is COCCOCC(F)(F)OCC(F)(F)OC(F)(F)COCC1CO1. The van der Waals surface area contributed by atoms with Gasteiger partial charge >= 0.3 is 18.3 Å². The second kappa shape index (κ2) is 9.15. The molecule has 12 heteroatoms. The van der Waals surface area contributed by atoms with Gasteiger partial charge in [-0.15, -0.1) is 0 Å². The van der Waals surface area contributed by atoms with Crippen LogP contribution in [0.15, 0.2) is 0 Å². The van der Waals surface area contributed by atoms with Gasteiger partial charge in [0.05, 0.1) is 26.4 Å². The van der Waals surface area contributed by atoms with Crippen LogP contribution < -0.4 is 0 Å². The number of methoxy groups -OCH3 is 1. The second-order valence-corrected chi connectivity index (χ2v) is 4.82. The van der Waals surface area contributed by atoms with E-state index in [9.17, 15) is 26.3 Å². The van der Waals surface area contributed by atoms with Gasteiger partial charge in [-0.2, -0.15) is 26.3 Å². The van der Waals surface area contributed by atoms with Crippen molar-refractivity contribution in [3.63, 3.8) is 0 Å². The van der Waals surface area contributed by atoms with E-state index in [1.807, 2.05) is 0 Å². The molecular weight excluding hydrogens is 354 g/mol. The number of hydrogen-bond acceptors (Lipinski definition) is 6. The molecule has 6 nitrogen and oxygen atoms in total. The van der Waals surface area contributed by atoms with Gasteiger partial charge in [-0.05, 0) is 0 Å². The van der Waals surface area contributed by atoms with Gasteiger partial charge in [0.1, 0.15) is 25.9 Å². The Bertz CT molecular complexity index is 366. The number of halogens is 6. The molecule has 0 N–H and O–H groups in total. The molecule has 144 valence electrons. The van der Waals surface area contributed by atoms with Crippen molar-refractivity contribution in [2.75, 3.05) is 53.4 Å². The number of ether oxygens (including phenoxy) is 6. The molecule has 1 rings (SSSR count). The molecule has 1 unspecified atom stereocenters. The summed E-state index contributed by atoms with van der Waals surface area (Å²) < 4.78 is 104. The van der Waals surface area contributed by atoms with Crippen molar-refractivity contribution in [3.05, 3.63) is 0 Å². The molecule has 0 radical (unpaired) electrons. The first-order valence-electron chi connectivity index (χ1n) is 6.79. The van der Waals surface area contributed by atoms with Gasteiger partial charge < -0.3 is 23.7 Å². The Morgan fingerprint density at radius 3 is 2.04 bits per heavy atom. The van der Waals surface area contributed by atoms with Gasteiger partial charge in [-0.1, -0.05) is 0 Å². The maximum atomic E-state index is 13.2. The quantitative estimate of drug-likeness (QED) is 0.264. The first kappa shape index (κ1) is 21.4. The first-order chi connectivity index (χ1) is 11.1. The highest BCUT2D eigenvalue weighted by atomic mass is 19.3. The molecule has 1 saturated heterocycles. The summed E-state index contributed by atoms with van der Waals surface area (Å²) >= 11 is 0. The number of alkyl halides is 6. The topological polar surface area (TPSA) is 58.7 Å². The van der Waals surface area contributed by atoms with Gasteiger partial charge in [0.25, 0.3) is 0 Å². The van der Waals surface area contributed by atoms with Gasteiger partial charge in [-0.3, -0.25) is 4.74 Å². The van der Waals surface area contributed by atoms with Gasteiger partial charge in [0.2, 0.25) is 0 Å². The lowest BCUT2D eigenvalue weighted by molar-refractivity contribution is -0.409. The van der Waals surface area contributed by atoms with E-state index < -0.39 is 38.1 Å². The van der Waals surface area contributed by atoms with Crippen LogP contribution in [-0.2, 0) is 28.4 Å². The number of hydrogen-bond donors (Lipinski definition) is 0. The molecule has 0 aromatic carbocycles. The maximum absolute atomic E-state index is 13.2. The average Bonchev–Trinajstić information content (AvgIpc) is 3.25. The molecule has 0 saturated carbocycles. The van der Waals surface area contributed by atoms with Crippen LogP contribution in [0.3, 0.4) is 0 Å². The highest BCUT2D eigenvalue weighted by molar-refractivity contribution is 4.68. The van der Waals surface area contributed by atoms with E-state index in [-0.39, 0.29) is 25.9 Å². The van der Waals surface area contributed by atoms with Crippen LogP contribution in [0.1, 0.15) is 0 Å². The maximum Gasteiger partial charge on any atom is 0.383 e. The Kier molecular flexibility index (Phi) is 8.15. The fourth-order valence-electron chi connectivity index (χ4n) is 1.32. The largest absolute Gasteiger partial charge is 0.383 e. The predicted molar refractivity (Wildman–Crippen MR) is 65.1 cm³/mol. The van der Waals surface area contributed by atoms with Gasteiger partial charge in [0.15, 0.2) is 0 Å². The van der Waals surface area contributed by atoms with Crippen molar-refractivity contribution in [1.82, 2.24) is 0 Å². The number of rotatable bonds is 14. The van der Waals surface area contributed by atoms with E-state index in [4.69, 9.17) is 0 Å². The summed E-state index contributed by atoms with van der Waals surface area (Å²) in [5.74, 6) is 0. The monoisotopic (exact) mass is 372 g/mol. The summed E-state index contributed by atoms with van der Waals surface area (Å²) in [7, 11) is 1.30. The van der Waals surface area contributed by atoms with Crippen molar-refractivity contribution in [3.8, 4) is 0 Å². The van der Waals surface area contributed by atoms with E-state index >= 15 is 0 Å². The third kappa shape index (κ3) is 10.3. The van der Waals surface area contributed by atoms with E-state index in [2.05, 4.69) is 28.4 Å². The summed E-state index contributed by atoms with van der Waals surface area (Å²) in [6, 6.07) is 0. The van der Waals surface area contributed by atoms with Crippen molar-refractivity contribution >= 4 is 0 Å². The predicted octanol–water partition coefficient (Wildman–Crippen LogP) is 1.88. The molecule has 0 spiro atoms. The van der Waals surface area contributed by atoms with Crippen LogP contribution in [0.4, 0.5) is 26.3 Å². The Balaban J connectivity index is 2.29. The second-order valence-electron chi connectivity index (χ2n) is 4.82. The molecule has 1 atom stereocenters. The highest BCUT2D eigenvalue weighted by Gasteiger charge is 2.47. The Hall–Kier alpha value is -0.660. The lowest BCUT2D eigenvalue weighted by atomic mass is 10.5. The summed E-state index contributed by atoms with van der Waals surface area (Å²) in [6.45, 7) is -4.99. The van der Waals surface area contributed by atoms with Gasteiger partial charge in [0, 0.05) is 7.11 Å². The molecule has 0 aromatic heterocycles. The minimum Gasteiger partial charge on any atom is -0.382 e. The van der Waals surface area contributed by atoms with Crippen LogP contribution in [0.5, 0.6) is 0 Å². The normalized spacial score (nSPS) is 18.9. The summed E-state index contributed by atoms with van der Waals surface area (Å²) in [6.07, 6.45) is -13.5. The van der Waals surface area contributed by atoms with Crippen molar-refractivity contribution in [2.45, 2.75) is 24.4 Å². The molecule has 0 bridgehead atoms. The zero-order chi connectivity index (χ0) is 18.3. The molecule has 1 heterocycles. The Morgan fingerprint density at radius 1 is 0.875 bits per heavy atom.